The minimum Gasteiger partial charge on any atom is -0.484 e. The van der Waals surface area contributed by atoms with Gasteiger partial charge in [0.1, 0.15) is 11.5 Å². The summed E-state index contributed by atoms with van der Waals surface area (Å²) < 4.78 is 10.8. The molecule has 0 aliphatic heterocycles. The Bertz CT molecular complexity index is 955. The van der Waals surface area contributed by atoms with E-state index in [1.807, 2.05) is 66.7 Å². The summed E-state index contributed by atoms with van der Waals surface area (Å²) >= 11 is 0. The Morgan fingerprint density at radius 1 is 0.667 bits per heavy atom. The van der Waals surface area contributed by atoms with E-state index in [4.69, 9.17) is 9.47 Å². The van der Waals surface area contributed by atoms with Gasteiger partial charge in [0.05, 0.1) is 0 Å². The Hall–Kier alpha value is -3.80. The first-order chi connectivity index (χ1) is 14.6. The molecule has 0 atom stereocenters. The molecular formula is C24H24N2O4. The molecular weight excluding hydrogens is 380 g/mol. The third-order valence-corrected chi connectivity index (χ3v) is 4.37. The van der Waals surface area contributed by atoms with Crippen molar-refractivity contribution in [1.82, 2.24) is 10.9 Å². The fourth-order valence-corrected chi connectivity index (χ4v) is 2.70. The lowest BCUT2D eigenvalue weighted by Crippen LogP contribution is -2.45. The van der Waals surface area contributed by atoms with Crippen molar-refractivity contribution in [3.05, 3.63) is 84.4 Å². The maximum Gasteiger partial charge on any atom is 0.276 e. The van der Waals surface area contributed by atoms with Gasteiger partial charge in [-0.2, -0.15) is 0 Å². The van der Waals surface area contributed by atoms with Crippen molar-refractivity contribution in [2.45, 2.75) is 13.3 Å². The molecule has 3 rings (SSSR count). The van der Waals surface area contributed by atoms with E-state index in [-0.39, 0.29) is 13.2 Å². The van der Waals surface area contributed by atoms with Gasteiger partial charge in [0.25, 0.3) is 11.8 Å². The Morgan fingerprint density at radius 3 is 1.63 bits per heavy atom. The molecule has 0 radical (unpaired) electrons. The number of rotatable bonds is 8. The summed E-state index contributed by atoms with van der Waals surface area (Å²) in [6.07, 6.45) is 0.937. The van der Waals surface area contributed by atoms with Gasteiger partial charge < -0.3 is 9.47 Å². The first-order valence-electron chi connectivity index (χ1n) is 9.72. The number of aryl methyl sites for hydroxylation is 1. The van der Waals surface area contributed by atoms with Crippen molar-refractivity contribution in [2.24, 2.45) is 0 Å². The SMILES string of the molecule is CCc1ccc(OCC(=O)NNC(=O)COc2ccc(-c3ccccc3)cc2)cc1. The number of hydrazine groups is 1. The lowest BCUT2D eigenvalue weighted by atomic mass is 10.1. The molecule has 30 heavy (non-hydrogen) atoms. The molecule has 0 aliphatic carbocycles. The van der Waals surface area contributed by atoms with Crippen molar-refractivity contribution in [3.63, 3.8) is 0 Å². The lowest BCUT2D eigenvalue weighted by Gasteiger charge is -2.10. The molecule has 2 amide bonds. The van der Waals surface area contributed by atoms with E-state index in [1.165, 1.54) is 5.56 Å². The minimum absolute atomic E-state index is 0.201. The van der Waals surface area contributed by atoms with Crippen molar-refractivity contribution < 1.29 is 19.1 Å². The predicted octanol–water partition coefficient (Wildman–Crippen LogP) is 3.52. The highest BCUT2D eigenvalue weighted by molar-refractivity contribution is 5.83. The van der Waals surface area contributed by atoms with Crippen molar-refractivity contribution >= 4 is 11.8 Å². The summed E-state index contributed by atoms with van der Waals surface area (Å²) in [5.74, 6) is 0.226. The van der Waals surface area contributed by atoms with E-state index < -0.39 is 11.8 Å². The van der Waals surface area contributed by atoms with Gasteiger partial charge in [0.15, 0.2) is 13.2 Å². The molecule has 0 saturated heterocycles. The number of carbonyl (C=O) groups excluding carboxylic acids is 2. The van der Waals surface area contributed by atoms with Crippen LogP contribution in [0.25, 0.3) is 11.1 Å². The zero-order chi connectivity index (χ0) is 21.2. The number of carbonyl (C=O) groups is 2. The Kier molecular flexibility index (Phi) is 7.44. The molecule has 0 heterocycles. The summed E-state index contributed by atoms with van der Waals surface area (Å²) in [7, 11) is 0. The van der Waals surface area contributed by atoms with E-state index >= 15 is 0 Å². The summed E-state index contributed by atoms with van der Waals surface area (Å²) in [6.45, 7) is 1.65. The molecule has 154 valence electrons. The average molecular weight is 404 g/mol. The monoisotopic (exact) mass is 404 g/mol. The third kappa shape index (κ3) is 6.38. The quantitative estimate of drug-likeness (QED) is 0.563. The highest BCUT2D eigenvalue weighted by Crippen LogP contribution is 2.21. The summed E-state index contributed by atoms with van der Waals surface area (Å²) in [5.41, 5.74) is 7.95. The zero-order valence-electron chi connectivity index (χ0n) is 16.8. The molecule has 3 aromatic carbocycles. The molecule has 3 aromatic rings. The molecule has 0 aliphatic rings. The van der Waals surface area contributed by atoms with Gasteiger partial charge in [-0.3, -0.25) is 20.4 Å². The second-order valence-electron chi connectivity index (χ2n) is 6.56. The maximum atomic E-state index is 11.9. The topological polar surface area (TPSA) is 76.7 Å². The fourth-order valence-electron chi connectivity index (χ4n) is 2.70. The van der Waals surface area contributed by atoms with Crippen LogP contribution in [0.1, 0.15) is 12.5 Å². The van der Waals surface area contributed by atoms with E-state index in [0.717, 1.165) is 17.5 Å². The molecule has 2 N–H and O–H groups in total. The molecule has 0 aromatic heterocycles. The first-order valence-corrected chi connectivity index (χ1v) is 9.72. The first kappa shape index (κ1) is 20.9. The smallest absolute Gasteiger partial charge is 0.276 e. The van der Waals surface area contributed by atoms with E-state index in [1.54, 1.807) is 12.1 Å². The summed E-state index contributed by atoms with van der Waals surface area (Å²) in [6, 6.07) is 24.9. The molecule has 0 bridgehead atoms. The minimum atomic E-state index is -0.470. The van der Waals surface area contributed by atoms with Gasteiger partial charge >= 0.3 is 0 Å². The van der Waals surface area contributed by atoms with Crippen molar-refractivity contribution in [3.8, 4) is 22.6 Å². The third-order valence-electron chi connectivity index (χ3n) is 4.37. The summed E-state index contributed by atoms with van der Waals surface area (Å²) in [4.78, 5) is 23.7. The standard InChI is InChI=1S/C24H24N2O4/c1-2-18-8-12-21(13-9-18)29-16-23(27)25-26-24(28)17-30-22-14-10-20(11-15-22)19-6-4-3-5-7-19/h3-15H,2,16-17H2,1H3,(H,25,27)(H,26,28). The van der Waals surface area contributed by atoms with E-state index in [9.17, 15) is 9.59 Å². The number of nitrogens with one attached hydrogen (secondary N) is 2. The maximum absolute atomic E-state index is 11.9. The molecule has 0 fully saturated rings. The average Bonchev–Trinajstić information content (AvgIpc) is 2.81. The normalized spacial score (nSPS) is 10.2. The van der Waals surface area contributed by atoms with Crippen LogP contribution in [0.5, 0.6) is 11.5 Å². The fraction of sp³-hybridized carbons (Fsp3) is 0.167. The van der Waals surface area contributed by atoms with Gasteiger partial charge in [0.2, 0.25) is 0 Å². The van der Waals surface area contributed by atoms with Crippen LogP contribution in [-0.2, 0) is 16.0 Å². The molecule has 0 unspecified atom stereocenters. The Labute approximate surface area is 175 Å². The van der Waals surface area contributed by atoms with Gasteiger partial charge in [-0.1, -0.05) is 61.5 Å². The number of hydrogen-bond donors (Lipinski definition) is 2. The highest BCUT2D eigenvalue weighted by Gasteiger charge is 2.07. The van der Waals surface area contributed by atoms with Crippen LogP contribution in [0.15, 0.2) is 78.9 Å². The van der Waals surface area contributed by atoms with Crippen LogP contribution >= 0.6 is 0 Å². The number of ether oxygens (including phenoxy) is 2. The van der Waals surface area contributed by atoms with Gasteiger partial charge in [0, 0.05) is 0 Å². The molecule has 0 spiro atoms. The van der Waals surface area contributed by atoms with E-state index in [0.29, 0.717) is 11.5 Å². The number of benzene rings is 3. The molecule has 0 saturated carbocycles. The number of amides is 2. The lowest BCUT2D eigenvalue weighted by molar-refractivity contribution is -0.131. The summed E-state index contributed by atoms with van der Waals surface area (Å²) in [5, 5.41) is 0. The number of hydrogen-bond acceptors (Lipinski definition) is 4. The largest absolute Gasteiger partial charge is 0.484 e. The second-order valence-corrected chi connectivity index (χ2v) is 6.56. The zero-order valence-corrected chi connectivity index (χ0v) is 16.8. The second kappa shape index (κ2) is 10.7. The predicted molar refractivity (Wildman–Crippen MR) is 115 cm³/mol. The van der Waals surface area contributed by atoms with Crippen molar-refractivity contribution in [2.75, 3.05) is 13.2 Å². The van der Waals surface area contributed by atoms with Crippen LogP contribution in [0.2, 0.25) is 0 Å². The van der Waals surface area contributed by atoms with E-state index in [2.05, 4.69) is 17.8 Å². The van der Waals surface area contributed by atoms with Gasteiger partial charge in [-0.15, -0.1) is 0 Å². The molecule has 6 nitrogen and oxygen atoms in total. The van der Waals surface area contributed by atoms with Crippen LogP contribution in [0, 0.1) is 0 Å². The van der Waals surface area contributed by atoms with Crippen molar-refractivity contribution in [1.29, 1.82) is 0 Å². The van der Waals surface area contributed by atoms with Crippen LogP contribution in [0.3, 0.4) is 0 Å². The van der Waals surface area contributed by atoms with Crippen LogP contribution in [0.4, 0.5) is 0 Å². The van der Waals surface area contributed by atoms with Crippen LogP contribution in [-0.4, -0.2) is 25.0 Å². The van der Waals surface area contributed by atoms with Gasteiger partial charge in [-0.05, 0) is 47.4 Å². The highest BCUT2D eigenvalue weighted by atomic mass is 16.5. The van der Waals surface area contributed by atoms with Crippen LogP contribution < -0.4 is 20.3 Å². The Morgan fingerprint density at radius 2 is 1.13 bits per heavy atom. The van der Waals surface area contributed by atoms with Gasteiger partial charge in [-0.25, -0.2) is 0 Å². The Balaban J connectivity index is 1.36. The molecule has 6 heteroatoms.